The molecule has 0 saturated carbocycles. The van der Waals surface area contributed by atoms with Crippen molar-refractivity contribution in [2.24, 2.45) is 5.41 Å². The third-order valence-electron chi connectivity index (χ3n) is 2.03. The van der Waals surface area contributed by atoms with Crippen LogP contribution >= 0.6 is 0 Å². The molecular weight excluding hydrogens is 146 g/mol. The first-order valence-corrected chi connectivity index (χ1v) is 5.01. The molecule has 1 heteroatoms. The van der Waals surface area contributed by atoms with Gasteiger partial charge in [-0.05, 0) is 18.4 Å². The highest BCUT2D eigenvalue weighted by Gasteiger charge is 2.17. The van der Waals surface area contributed by atoms with Gasteiger partial charge in [-0.2, -0.15) is 0 Å². The molecule has 0 aromatic heterocycles. The molecule has 1 aliphatic heterocycles. The fourth-order valence-electron chi connectivity index (χ4n) is 1.30. The molecule has 72 valence electrons. The predicted molar refractivity (Wildman–Crippen MR) is 56.4 cm³/mol. The summed E-state index contributed by atoms with van der Waals surface area (Å²) in [7, 11) is 0. The van der Waals surface area contributed by atoms with Gasteiger partial charge in [0.2, 0.25) is 0 Å². The standard InChI is InChI=1S/C9H17N.C2H6/c1-9(2,3)8-4-6-10-7-5-8;1-2/h4,10H,5-7H2,1-3H3;1-2H3. The van der Waals surface area contributed by atoms with E-state index in [9.17, 15) is 0 Å². The van der Waals surface area contributed by atoms with Crippen molar-refractivity contribution >= 4 is 0 Å². The average molecular weight is 169 g/mol. The Balaban J connectivity index is 0.000000561. The molecule has 1 N–H and O–H groups in total. The van der Waals surface area contributed by atoms with E-state index >= 15 is 0 Å². The molecule has 0 aliphatic carbocycles. The molecule has 0 radical (unpaired) electrons. The van der Waals surface area contributed by atoms with Gasteiger partial charge in [0, 0.05) is 6.54 Å². The Morgan fingerprint density at radius 1 is 1.25 bits per heavy atom. The SMILES string of the molecule is CC.CC(C)(C)C1=CCNCC1. The van der Waals surface area contributed by atoms with Crippen LogP contribution in [0.4, 0.5) is 0 Å². The van der Waals surface area contributed by atoms with Gasteiger partial charge in [0.05, 0.1) is 0 Å². The van der Waals surface area contributed by atoms with Crippen LogP contribution in [0.25, 0.3) is 0 Å². The second-order valence-electron chi connectivity index (χ2n) is 3.93. The second-order valence-corrected chi connectivity index (χ2v) is 3.93. The zero-order valence-corrected chi connectivity index (χ0v) is 9.20. The maximum atomic E-state index is 3.31. The topological polar surface area (TPSA) is 12.0 Å². The normalized spacial score (nSPS) is 17.6. The monoisotopic (exact) mass is 169 g/mol. The van der Waals surface area contributed by atoms with Crippen LogP contribution in [-0.2, 0) is 0 Å². The van der Waals surface area contributed by atoms with Crippen LogP contribution in [-0.4, -0.2) is 13.1 Å². The summed E-state index contributed by atoms with van der Waals surface area (Å²) in [5, 5.41) is 3.31. The van der Waals surface area contributed by atoms with Crippen LogP contribution in [0, 0.1) is 5.41 Å². The molecule has 0 atom stereocenters. The first kappa shape index (κ1) is 11.7. The molecule has 12 heavy (non-hydrogen) atoms. The lowest BCUT2D eigenvalue weighted by molar-refractivity contribution is 0.464. The molecule has 0 unspecified atom stereocenters. The third kappa shape index (κ3) is 3.91. The maximum absolute atomic E-state index is 3.31. The molecule has 0 aromatic carbocycles. The van der Waals surface area contributed by atoms with Crippen LogP contribution in [0.3, 0.4) is 0 Å². The number of hydrogen-bond acceptors (Lipinski definition) is 1. The molecule has 0 saturated heterocycles. The van der Waals surface area contributed by atoms with Gasteiger partial charge >= 0.3 is 0 Å². The lowest BCUT2D eigenvalue weighted by atomic mass is 9.83. The number of rotatable bonds is 0. The third-order valence-corrected chi connectivity index (χ3v) is 2.03. The minimum Gasteiger partial charge on any atom is -0.313 e. The highest BCUT2D eigenvalue weighted by Crippen LogP contribution is 2.28. The van der Waals surface area contributed by atoms with Gasteiger partial charge < -0.3 is 5.32 Å². The Kier molecular flexibility index (Phi) is 5.23. The van der Waals surface area contributed by atoms with Gasteiger partial charge in [0.15, 0.2) is 0 Å². The summed E-state index contributed by atoms with van der Waals surface area (Å²) < 4.78 is 0. The van der Waals surface area contributed by atoms with Crippen LogP contribution in [0.5, 0.6) is 0 Å². The zero-order valence-electron chi connectivity index (χ0n) is 9.20. The molecule has 0 amide bonds. The van der Waals surface area contributed by atoms with Gasteiger partial charge in [0.25, 0.3) is 0 Å². The molecule has 0 bridgehead atoms. The summed E-state index contributed by atoms with van der Waals surface area (Å²) in [5.74, 6) is 0. The summed E-state index contributed by atoms with van der Waals surface area (Å²) in [6.07, 6.45) is 3.55. The minimum atomic E-state index is 0.391. The second kappa shape index (κ2) is 5.36. The van der Waals surface area contributed by atoms with Crippen molar-refractivity contribution < 1.29 is 0 Å². The van der Waals surface area contributed by atoms with Gasteiger partial charge in [-0.3, -0.25) is 0 Å². The first-order chi connectivity index (χ1) is 5.61. The van der Waals surface area contributed by atoms with E-state index in [4.69, 9.17) is 0 Å². The molecule has 0 aromatic rings. The average Bonchev–Trinajstić information content (AvgIpc) is 2.08. The van der Waals surface area contributed by atoms with Crippen LogP contribution in [0.15, 0.2) is 11.6 Å². The maximum Gasteiger partial charge on any atom is 0.0137 e. The predicted octanol–water partition coefficient (Wildman–Crippen LogP) is 2.98. The van der Waals surface area contributed by atoms with Crippen molar-refractivity contribution in [3.8, 4) is 0 Å². The van der Waals surface area contributed by atoms with E-state index in [2.05, 4.69) is 32.2 Å². The minimum absolute atomic E-state index is 0.391. The van der Waals surface area contributed by atoms with Crippen LogP contribution < -0.4 is 5.32 Å². The number of nitrogens with one attached hydrogen (secondary N) is 1. The summed E-state index contributed by atoms with van der Waals surface area (Å²) in [5.41, 5.74) is 1.99. The smallest absolute Gasteiger partial charge is 0.0137 e. The van der Waals surface area contributed by atoms with Crippen molar-refractivity contribution in [3.05, 3.63) is 11.6 Å². The van der Waals surface area contributed by atoms with E-state index in [1.54, 1.807) is 5.57 Å². The molecule has 0 fully saturated rings. The molecule has 0 spiro atoms. The molecule has 1 aliphatic rings. The Bertz CT molecular complexity index is 140. The Morgan fingerprint density at radius 3 is 2.08 bits per heavy atom. The van der Waals surface area contributed by atoms with E-state index in [1.807, 2.05) is 13.8 Å². The Labute approximate surface area is 77.2 Å². The summed E-state index contributed by atoms with van der Waals surface area (Å²) in [6, 6.07) is 0. The van der Waals surface area contributed by atoms with Crippen molar-refractivity contribution in [1.82, 2.24) is 5.32 Å². The van der Waals surface area contributed by atoms with E-state index in [0.717, 1.165) is 13.1 Å². The molecule has 1 rings (SSSR count). The van der Waals surface area contributed by atoms with E-state index in [1.165, 1.54) is 6.42 Å². The Hall–Kier alpha value is -0.300. The fraction of sp³-hybridized carbons (Fsp3) is 0.818. The summed E-state index contributed by atoms with van der Waals surface area (Å²) in [4.78, 5) is 0. The van der Waals surface area contributed by atoms with Crippen molar-refractivity contribution in [1.29, 1.82) is 0 Å². The van der Waals surface area contributed by atoms with Gasteiger partial charge in [0.1, 0.15) is 0 Å². The molecule has 1 nitrogen and oxygen atoms in total. The van der Waals surface area contributed by atoms with Gasteiger partial charge in [-0.15, -0.1) is 0 Å². The highest BCUT2D eigenvalue weighted by atomic mass is 14.8. The lowest BCUT2D eigenvalue weighted by Gasteiger charge is -2.26. The lowest BCUT2D eigenvalue weighted by Crippen LogP contribution is -2.25. The molecule has 1 heterocycles. The first-order valence-electron chi connectivity index (χ1n) is 5.01. The quantitative estimate of drug-likeness (QED) is 0.550. The zero-order chi connectivity index (χ0) is 9.61. The fourth-order valence-corrected chi connectivity index (χ4v) is 1.30. The largest absolute Gasteiger partial charge is 0.313 e. The Morgan fingerprint density at radius 2 is 1.83 bits per heavy atom. The van der Waals surface area contributed by atoms with E-state index < -0.39 is 0 Å². The summed E-state index contributed by atoms with van der Waals surface area (Å²) in [6.45, 7) is 13.1. The van der Waals surface area contributed by atoms with E-state index in [-0.39, 0.29) is 0 Å². The number of hydrogen-bond donors (Lipinski definition) is 1. The van der Waals surface area contributed by atoms with Crippen LogP contribution in [0.1, 0.15) is 41.0 Å². The van der Waals surface area contributed by atoms with Crippen molar-refractivity contribution in [3.63, 3.8) is 0 Å². The van der Waals surface area contributed by atoms with Crippen LogP contribution in [0.2, 0.25) is 0 Å². The van der Waals surface area contributed by atoms with Gasteiger partial charge in [-0.25, -0.2) is 0 Å². The van der Waals surface area contributed by atoms with Gasteiger partial charge in [-0.1, -0.05) is 46.3 Å². The van der Waals surface area contributed by atoms with E-state index in [0.29, 0.717) is 5.41 Å². The van der Waals surface area contributed by atoms with Crippen molar-refractivity contribution in [2.45, 2.75) is 41.0 Å². The summed E-state index contributed by atoms with van der Waals surface area (Å²) >= 11 is 0. The van der Waals surface area contributed by atoms with Crippen molar-refractivity contribution in [2.75, 3.05) is 13.1 Å². The molecular formula is C11H23N. The highest BCUT2D eigenvalue weighted by molar-refractivity contribution is 5.13.